The third-order valence-corrected chi connectivity index (χ3v) is 8.95. The van der Waals surface area contributed by atoms with Crippen molar-refractivity contribution >= 4 is 53.1 Å². The largest absolute Gasteiger partial charge is 0.481 e. The van der Waals surface area contributed by atoms with E-state index in [-0.39, 0.29) is 25.2 Å². The van der Waals surface area contributed by atoms with E-state index in [2.05, 4.69) is 31.9 Å². The van der Waals surface area contributed by atoms with Crippen LogP contribution in [0.5, 0.6) is 0 Å². The molecular weight excluding hydrogens is 742 g/mol. The van der Waals surface area contributed by atoms with Gasteiger partial charge in [0.2, 0.25) is 41.2 Å². The molecule has 7 amide bonds. The highest BCUT2D eigenvalue weighted by atomic mass is 16.4. The Balaban J connectivity index is 3.53. The van der Waals surface area contributed by atoms with Gasteiger partial charge >= 0.3 is 5.97 Å². The number of carbonyl (C=O) groups excluding carboxylic acids is 8. The average molecular weight is 804 g/mol. The summed E-state index contributed by atoms with van der Waals surface area (Å²) in [6, 6.07) is -1.05. The van der Waals surface area contributed by atoms with Gasteiger partial charge in [0.15, 0.2) is 0 Å². The Labute approximate surface area is 333 Å². The number of aliphatic hydroxyl groups is 1. The van der Waals surface area contributed by atoms with Crippen LogP contribution in [0.1, 0.15) is 98.1 Å². The number of aliphatic carboxylic acids is 1. The second-order valence-corrected chi connectivity index (χ2v) is 15.6. The fraction of sp³-hybridized carbons (Fsp3) is 0.615. The van der Waals surface area contributed by atoms with Gasteiger partial charge in [-0.15, -0.1) is 0 Å². The van der Waals surface area contributed by atoms with Crippen molar-refractivity contribution in [2.45, 2.75) is 137 Å². The van der Waals surface area contributed by atoms with Crippen molar-refractivity contribution in [3.05, 3.63) is 35.4 Å². The van der Waals surface area contributed by atoms with Gasteiger partial charge in [0.25, 0.3) is 5.91 Å². The number of unbranched alkanes of at least 4 members (excludes halogenated alkanes) is 1. The summed E-state index contributed by atoms with van der Waals surface area (Å²) in [6.07, 6.45) is 0.380. The first kappa shape index (κ1) is 49.6. The molecular formula is C39H61N7O11. The molecule has 6 atom stereocenters. The van der Waals surface area contributed by atoms with E-state index in [0.717, 1.165) is 12.5 Å². The number of benzene rings is 1. The molecule has 1 rings (SSSR count). The molecule has 0 aliphatic heterocycles. The van der Waals surface area contributed by atoms with E-state index in [0.29, 0.717) is 18.4 Å². The van der Waals surface area contributed by atoms with Crippen LogP contribution < -0.4 is 37.6 Å². The highest BCUT2D eigenvalue weighted by molar-refractivity contribution is 6.37. The first-order valence-corrected chi connectivity index (χ1v) is 19.0. The Hall–Kier alpha value is -5.39. The number of amides is 7. The van der Waals surface area contributed by atoms with Crippen LogP contribution in [-0.4, -0.2) is 106 Å². The minimum atomic E-state index is -1.52. The van der Waals surface area contributed by atoms with E-state index in [1.165, 1.54) is 0 Å². The number of nitrogens with two attached hydrogens (primary N) is 1. The van der Waals surface area contributed by atoms with Crippen LogP contribution >= 0.6 is 0 Å². The number of ketones is 1. The lowest BCUT2D eigenvalue weighted by Gasteiger charge is -2.34. The van der Waals surface area contributed by atoms with Crippen LogP contribution in [0.3, 0.4) is 0 Å². The van der Waals surface area contributed by atoms with Crippen LogP contribution in [0.4, 0.5) is 0 Å². The van der Waals surface area contributed by atoms with Crippen LogP contribution in [0.15, 0.2) is 24.3 Å². The molecule has 0 bridgehead atoms. The SMILES string of the molecule is CCCCC(NC(=O)C(CC(C)C)NC(=O)C(NC(=O)C(Cc1ccccc1C)NC(=O)C(CCC(=O)O)NC(=O)C(CO)NC(C)=O)C(C)(C)C)C(=O)C(N)=O. The third-order valence-electron chi connectivity index (χ3n) is 8.95. The smallest absolute Gasteiger partial charge is 0.303 e. The number of hydrogen-bond donors (Lipinski definition) is 9. The molecule has 0 saturated heterocycles. The molecule has 0 fully saturated rings. The zero-order valence-corrected chi connectivity index (χ0v) is 34.2. The van der Waals surface area contributed by atoms with Gasteiger partial charge in [-0.3, -0.25) is 43.2 Å². The first-order valence-electron chi connectivity index (χ1n) is 19.0. The number of aryl methyl sites for hydroxylation is 1. The number of Topliss-reactive ketones (excluding diaryl/α,β-unsaturated/α-hetero) is 1. The van der Waals surface area contributed by atoms with Gasteiger partial charge < -0.3 is 47.8 Å². The van der Waals surface area contributed by atoms with Gasteiger partial charge in [-0.05, 0) is 48.6 Å². The second kappa shape index (κ2) is 23.6. The van der Waals surface area contributed by atoms with Crippen LogP contribution in [0.2, 0.25) is 0 Å². The van der Waals surface area contributed by atoms with Crippen LogP contribution in [-0.2, 0) is 49.6 Å². The number of carboxylic acids is 1. The van der Waals surface area contributed by atoms with Crippen molar-refractivity contribution in [1.29, 1.82) is 0 Å². The minimum Gasteiger partial charge on any atom is -0.481 e. The molecule has 0 aromatic heterocycles. The van der Waals surface area contributed by atoms with Crippen LogP contribution in [0.25, 0.3) is 0 Å². The maximum atomic E-state index is 14.2. The molecule has 10 N–H and O–H groups in total. The van der Waals surface area contributed by atoms with Crippen molar-refractivity contribution in [1.82, 2.24) is 31.9 Å². The number of aliphatic hydroxyl groups excluding tert-OH is 1. The highest BCUT2D eigenvalue weighted by Gasteiger charge is 2.38. The number of rotatable bonds is 24. The van der Waals surface area contributed by atoms with Gasteiger partial charge in [-0.1, -0.05) is 78.6 Å². The molecule has 18 heteroatoms. The Morgan fingerprint density at radius 1 is 0.719 bits per heavy atom. The summed E-state index contributed by atoms with van der Waals surface area (Å²) in [5.41, 5.74) is 5.65. The Kier molecular flexibility index (Phi) is 20.6. The van der Waals surface area contributed by atoms with Gasteiger partial charge in [-0.25, -0.2) is 0 Å². The lowest BCUT2D eigenvalue weighted by atomic mass is 9.85. The van der Waals surface area contributed by atoms with E-state index in [4.69, 9.17) is 5.73 Å². The molecule has 57 heavy (non-hydrogen) atoms. The van der Waals surface area contributed by atoms with Crippen molar-refractivity contribution in [3.8, 4) is 0 Å². The fourth-order valence-electron chi connectivity index (χ4n) is 5.79. The number of carboxylic acid groups (broad SMARTS) is 1. The lowest BCUT2D eigenvalue weighted by molar-refractivity contribution is -0.139. The first-order chi connectivity index (χ1) is 26.5. The average Bonchev–Trinajstić information content (AvgIpc) is 3.11. The molecule has 6 unspecified atom stereocenters. The number of primary amides is 1. The molecule has 18 nitrogen and oxygen atoms in total. The summed E-state index contributed by atoms with van der Waals surface area (Å²) in [7, 11) is 0. The van der Waals surface area contributed by atoms with E-state index in [1.54, 1.807) is 52.0 Å². The lowest BCUT2D eigenvalue weighted by Crippen LogP contribution is -2.62. The summed E-state index contributed by atoms with van der Waals surface area (Å²) in [5.74, 6) is -8.48. The zero-order valence-electron chi connectivity index (χ0n) is 34.2. The van der Waals surface area contributed by atoms with Crippen molar-refractivity contribution in [2.24, 2.45) is 17.1 Å². The molecule has 0 aliphatic carbocycles. The van der Waals surface area contributed by atoms with E-state index in [9.17, 15) is 53.4 Å². The zero-order chi connectivity index (χ0) is 43.6. The monoisotopic (exact) mass is 803 g/mol. The standard InChI is InChI=1S/C39H61N7O11/c1-9-10-15-25(31(51)33(40)52)42-35(54)27(18-21(2)3)45-38(57)32(39(6,7)8)46-36(55)28(19-24-14-12-11-13-22(24)4)44-34(53)26(16-17-30(49)50)43-37(56)29(20-47)41-23(5)48/h11-14,21,25-29,32,47H,9-10,15-20H2,1-8H3,(H2,40,52)(H,41,48)(H,42,54)(H,43,56)(H,44,53)(H,45,57)(H,46,55)(H,49,50). The molecule has 1 aromatic rings. The van der Waals surface area contributed by atoms with Crippen molar-refractivity contribution in [2.75, 3.05) is 6.61 Å². The maximum Gasteiger partial charge on any atom is 0.303 e. The topological polar surface area (TPSA) is 292 Å². The predicted molar refractivity (Wildman–Crippen MR) is 209 cm³/mol. The number of hydrogen-bond acceptors (Lipinski definition) is 10. The van der Waals surface area contributed by atoms with Gasteiger partial charge in [-0.2, -0.15) is 0 Å². The molecule has 0 spiro atoms. The normalized spacial score (nSPS) is 14.4. The van der Waals surface area contributed by atoms with E-state index < -0.39 is 114 Å². The molecule has 0 aliphatic rings. The molecule has 318 valence electrons. The Morgan fingerprint density at radius 3 is 1.75 bits per heavy atom. The quantitative estimate of drug-likeness (QED) is 0.0610. The molecule has 0 saturated carbocycles. The Bertz CT molecular complexity index is 1610. The van der Waals surface area contributed by atoms with Crippen LogP contribution in [0, 0.1) is 18.3 Å². The minimum absolute atomic E-state index is 0.0983. The summed E-state index contributed by atoms with van der Waals surface area (Å²) in [6.45, 7) is 12.6. The van der Waals surface area contributed by atoms with Gasteiger partial charge in [0.1, 0.15) is 30.2 Å². The van der Waals surface area contributed by atoms with E-state index in [1.807, 2.05) is 20.8 Å². The molecule has 1 aromatic carbocycles. The second-order valence-electron chi connectivity index (χ2n) is 15.6. The summed E-state index contributed by atoms with van der Waals surface area (Å²) in [4.78, 5) is 116. The van der Waals surface area contributed by atoms with Gasteiger partial charge in [0, 0.05) is 19.8 Å². The maximum absolute atomic E-state index is 14.2. The van der Waals surface area contributed by atoms with E-state index >= 15 is 0 Å². The number of carbonyl (C=O) groups is 9. The number of nitrogens with one attached hydrogen (secondary N) is 6. The predicted octanol–water partition coefficient (Wildman–Crippen LogP) is -0.340. The summed E-state index contributed by atoms with van der Waals surface area (Å²) in [5, 5.41) is 34.1. The summed E-state index contributed by atoms with van der Waals surface area (Å²) < 4.78 is 0. The Morgan fingerprint density at radius 2 is 1.25 bits per heavy atom. The molecule has 0 radical (unpaired) electrons. The summed E-state index contributed by atoms with van der Waals surface area (Å²) >= 11 is 0. The van der Waals surface area contributed by atoms with Gasteiger partial charge in [0.05, 0.1) is 12.6 Å². The fourth-order valence-corrected chi connectivity index (χ4v) is 5.79. The van der Waals surface area contributed by atoms with Crippen molar-refractivity contribution < 1.29 is 53.4 Å². The highest BCUT2D eigenvalue weighted by Crippen LogP contribution is 2.21. The van der Waals surface area contributed by atoms with Crippen molar-refractivity contribution in [3.63, 3.8) is 0 Å². The third kappa shape index (κ3) is 17.5. The molecule has 0 heterocycles.